The third kappa shape index (κ3) is 6.67. The first-order valence-corrected chi connectivity index (χ1v) is 3.95. The van der Waals surface area contributed by atoms with Gasteiger partial charge in [0.1, 0.15) is 6.54 Å². The Morgan fingerprint density at radius 1 is 1.57 bits per heavy atom. The minimum absolute atomic E-state index is 0.0932. The van der Waals surface area contributed by atoms with Gasteiger partial charge in [-0.2, -0.15) is 13.2 Å². The molecule has 0 bridgehead atoms. The number of nitrogens with one attached hydrogen (secondary N) is 1. The normalized spacial score (nSPS) is 13.8. The molecule has 0 aromatic heterocycles. The molecule has 3 N–H and O–H groups in total. The summed E-state index contributed by atoms with van der Waals surface area (Å²) in [6, 6.07) is 0. The molecule has 0 spiro atoms. The lowest BCUT2D eigenvalue weighted by atomic mass is 10.2. The molecule has 1 unspecified atom stereocenters. The lowest BCUT2D eigenvalue weighted by Crippen LogP contribution is -2.37. The van der Waals surface area contributed by atoms with Crippen molar-refractivity contribution < 1.29 is 22.7 Å². The van der Waals surface area contributed by atoms with Gasteiger partial charge in [0.15, 0.2) is 0 Å². The van der Waals surface area contributed by atoms with Crippen LogP contribution >= 0.6 is 0 Å². The molecular formula is C7H13F3N2O2. The van der Waals surface area contributed by atoms with Gasteiger partial charge in [0.05, 0.1) is 12.5 Å². The molecule has 84 valence electrons. The average Bonchev–Trinajstić information content (AvgIpc) is 2.09. The van der Waals surface area contributed by atoms with Crippen LogP contribution in [0.5, 0.6) is 0 Å². The molecular weight excluding hydrogens is 201 g/mol. The maximum atomic E-state index is 11.6. The smallest absolute Gasteiger partial charge is 0.380 e. The summed E-state index contributed by atoms with van der Waals surface area (Å²) in [5, 5.41) is 1.72. The van der Waals surface area contributed by atoms with Gasteiger partial charge < -0.3 is 15.8 Å². The molecule has 0 aliphatic heterocycles. The number of rotatable bonds is 5. The molecule has 4 nitrogen and oxygen atoms in total. The van der Waals surface area contributed by atoms with Crippen LogP contribution in [0.1, 0.15) is 6.42 Å². The topological polar surface area (TPSA) is 64.3 Å². The number of methoxy groups -OCH3 is 1. The van der Waals surface area contributed by atoms with Crippen LogP contribution in [0.25, 0.3) is 0 Å². The largest absolute Gasteiger partial charge is 0.405 e. The summed E-state index contributed by atoms with van der Waals surface area (Å²) >= 11 is 0. The van der Waals surface area contributed by atoms with E-state index in [0.717, 1.165) is 0 Å². The van der Waals surface area contributed by atoms with E-state index in [-0.39, 0.29) is 13.0 Å². The Labute approximate surface area is 79.6 Å². The van der Waals surface area contributed by atoms with Crippen molar-refractivity contribution in [2.45, 2.75) is 18.7 Å². The van der Waals surface area contributed by atoms with E-state index in [9.17, 15) is 18.0 Å². The van der Waals surface area contributed by atoms with E-state index in [4.69, 9.17) is 10.5 Å². The summed E-state index contributed by atoms with van der Waals surface area (Å²) < 4.78 is 39.7. The first-order valence-electron chi connectivity index (χ1n) is 3.95. The number of ether oxygens (including phenoxy) is 1. The van der Waals surface area contributed by atoms with Gasteiger partial charge >= 0.3 is 6.18 Å². The van der Waals surface area contributed by atoms with Crippen molar-refractivity contribution in [3.63, 3.8) is 0 Å². The van der Waals surface area contributed by atoms with Crippen LogP contribution in [0.2, 0.25) is 0 Å². The Bertz CT molecular complexity index is 180. The van der Waals surface area contributed by atoms with Crippen molar-refractivity contribution in [1.29, 1.82) is 0 Å². The molecule has 0 aliphatic rings. The van der Waals surface area contributed by atoms with Gasteiger partial charge in [0.2, 0.25) is 5.91 Å². The van der Waals surface area contributed by atoms with Crippen LogP contribution in [-0.2, 0) is 9.53 Å². The van der Waals surface area contributed by atoms with Gasteiger partial charge in [-0.1, -0.05) is 0 Å². The summed E-state index contributed by atoms with van der Waals surface area (Å²) in [4.78, 5) is 10.9. The zero-order chi connectivity index (χ0) is 11.2. The predicted octanol–water partition coefficient (Wildman–Crippen LogP) is 0.0287. The fraction of sp³-hybridized carbons (Fsp3) is 0.857. The Kier molecular flexibility index (Phi) is 5.47. The monoisotopic (exact) mass is 214 g/mol. The standard InChI is InChI=1S/C7H13F3N2O2/c1-14-5(3-11)2-6(13)12-4-7(8,9)10/h5H,2-4,11H2,1H3,(H,12,13). The maximum Gasteiger partial charge on any atom is 0.405 e. The highest BCUT2D eigenvalue weighted by atomic mass is 19.4. The Hall–Kier alpha value is -0.820. The van der Waals surface area contributed by atoms with E-state index in [1.54, 1.807) is 5.32 Å². The number of carbonyl (C=O) groups excluding carboxylic acids is 1. The van der Waals surface area contributed by atoms with Crippen molar-refractivity contribution in [1.82, 2.24) is 5.32 Å². The van der Waals surface area contributed by atoms with E-state index >= 15 is 0 Å². The van der Waals surface area contributed by atoms with Crippen molar-refractivity contribution in [3.05, 3.63) is 0 Å². The fourth-order valence-electron chi connectivity index (χ4n) is 0.741. The van der Waals surface area contributed by atoms with Crippen LogP contribution in [0.3, 0.4) is 0 Å². The second-order valence-electron chi connectivity index (χ2n) is 2.69. The summed E-state index contributed by atoms with van der Waals surface area (Å²) in [6.45, 7) is -1.23. The molecule has 0 aromatic rings. The summed E-state index contributed by atoms with van der Waals surface area (Å²) in [5.41, 5.74) is 5.19. The molecule has 14 heavy (non-hydrogen) atoms. The average molecular weight is 214 g/mol. The number of hydrogen-bond acceptors (Lipinski definition) is 3. The lowest BCUT2D eigenvalue weighted by molar-refractivity contribution is -0.139. The van der Waals surface area contributed by atoms with Crippen LogP contribution in [0.4, 0.5) is 13.2 Å². The summed E-state index contributed by atoms with van der Waals surface area (Å²) in [7, 11) is 1.34. The zero-order valence-electron chi connectivity index (χ0n) is 7.73. The van der Waals surface area contributed by atoms with Crippen molar-refractivity contribution in [2.75, 3.05) is 20.2 Å². The number of carbonyl (C=O) groups is 1. The number of amides is 1. The number of hydrogen-bond donors (Lipinski definition) is 2. The van der Waals surface area contributed by atoms with Crippen LogP contribution in [0.15, 0.2) is 0 Å². The van der Waals surface area contributed by atoms with Crippen LogP contribution < -0.4 is 11.1 Å². The second-order valence-corrected chi connectivity index (χ2v) is 2.69. The Morgan fingerprint density at radius 3 is 2.50 bits per heavy atom. The Morgan fingerprint density at radius 2 is 2.14 bits per heavy atom. The minimum Gasteiger partial charge on any atom is -0.380 e. The molecule has 0 saturated carbocycles. The molecule has 0 rings (SSSR count). The number of halogens is 3. The molecule has 1 atom stereocenters. The highest BCUT2D eigenvalue weighted by molar-refractivity contribution is 5.76. The molecule has 0 heterocycles. The van der Waals surface area contributed by atoms with Gasteiger partial charge in [-0.25, -0.2) is 0 Å². The summed E-state index contributed by atoms with van der Waals surface area (Å²) in [6.07, 6.45) is -5.09. The van der Waals surface area contributed by atoms with Gasteiger partial charge in [-0.15, -0.1) is 0 Å². The van der Waals surface area contributed by atoms with E-state index in [1.165, 1.54) is 7.11 Å². The van der Waals surface area contributed by atoms with E-state index in [2.05, 4.69) is 0 Å². The van der Waals surface area contributed by atoms with E-state index in [0.29, 0.717) is 0 Å². The second kappa shape index (κ2) is 5.82. The van der Waals surface area contributed by atoms with Gasteiger partial charge in [-0.3, -0.25) is 4.79 Å². The lowest BCUT2D eigenvalue weighted by Gasteiger charge is -2.13. The van der Waals surface area contributed by atoms with Gasteiger partial charge in [0, 0.05) is 13.7 Å². The molecule has 0 saturated heterocycles. The first-order chi connectivity index (χ1) is 6.39. The van der Waals surface area contributed by atoms with Crippen LogP contribution in [-0.4, -0.2) is 38.4 Å². The molecule has 7 heteroatoms. The third-order valence-electron chi connectivity index (χ3n) is 1.50. The van der Waals surface area contributed by atoms with Crippen LogP contribution in [0, 0.1) is 0 Å². The quantitative estimate of drug-likeness (QED) is 0.678. The van der Waals surface area contributed by atoms with Gasteiger partial charge in [-0.05, 0) is 0 Å². The molecule has 0 aromatic carbocycles. The number of nitrogens with two attached hydrogens (primary N) is 1. The van der Waals surface area contributed by atoms with Gasteiger partial charge in [0.25, 0.3) is 0 Å². The van der Waals surface area contributed by atoms with Crippen molar-refractivity contribution in [3.8, 4) is 0 Å². The molecule has 0 fully saturated rings. The van der Waals surface area contributed by atoms with Crippen molar-refractivity contribution in [2.24, 2.45) is 5.73 Å². The maximum absolute atomic E-state index is 11.6. The van der Waals surface area contributed by atoms with E-state index in [1.807, 2.05) is 0 Å². The predicted molar refractivity (Wildman–Crippen MR) is 43.5 cm³/mol. The third-order valence-corrected chi connectivity index (χ3v) is 1.50. The SMILES string of the molecule is COC(CN)CC(=O)NCC(F)(F)F. The molecule has 0 aliphatic carbocycles. The highest BCUT2D eigenvalue weighted by Crippen LogP contribution is 2.12. The first kappa shape index (κ1) is 13.2. The van der Waals surface area contributed by atoms with E-state index < -0.39 is 24.7 Å². The van der Waals surface area contributed by atoms with Crippen molar-refractivity contribution >= 4 is 5.91 Å². The Balaban J connectivity index is 3.75. The fourth-order valence-corrected chi connectivity index (χ4v) is 0.741. The molecule has 0 radical (unpaired) electrons. The number of alkyl halides is 3. The zero-order valence-corrected chi connectivity index (χ0v) is 7.73. The highest BCUT2D eigenvalue weighted by Gasteiger charge is 2.27. The molecule has 1 amide bonds. The summed E-state index contributed by atoms with van der Waals surface area (Å²) in [5.74, 6) is -0.723. The minimum atomic E-state index is -4.39.